The van der Waals surface area contributed by atoms with Crippen LogP contribution in [-0.2, 0) is 6.54 Å². The minimum Gasteiger partial charge on any atom is -0.374 e. The van der Waals surface area contributed by atoms with Crippen molar-refractivity contribution in [3.8, 4) is 0 Å². The van der Waals surface area contributed by atoms with E-state index < -0.39 is 10.7 Å². The summed E-state index contributed by atoms with van der Waals surface area (Å²) in [4.78, 5) is 10.2. The van der Waals surface area contributed by atoms with Gasteiger partial charge in [-0.3, -0.25) is 15.2 Å². The number of halogens is 2. The van der Waals surface area contributed by atoms with Crippen LogP contribution < -0.4 is 5.32 Å². The summed E-state index contributed by atoms with van der Waals surface area (Å²) in [6, 6.07) is 3.95. The van der Waals surface area contributed by atoms with Crippen molar-refractivity contribution in [2.45, 2.75) is 6.54 Å². The molecule has 2 rings (SSSR count). The summed E-state index contributed by atoms with van der Waals surface area (Å²) in [5.74, 6) is -0.672. The average molecular weight is 315 g/mol. The number of hydrogen-bond acceptors (Lipinski definition) is 4. The van der Waals surface area contributed by atoms with Crippen molar-refractivity contribution >= 4 is 27.3 Å². The van der Waals surface area contributed by atoms with Crippen LogP contribution in [0.3, 0.4) is 0 Å². The Hall–Kier alpha value is -1.96. The fourth-order valence-electron chi connectivity index (χ4n) is 1.40. The number of hydrogen-bond donors (Lipinski definition) is 2. The molecule has 18 heavy (non-hydrogen) atoms. The van der Waals surface area contributed by atoms with Gasteiger partial charge in [0.25, 0.3) is 5.69 Å². The second-order valence-electron chi connectivity index (χ2n) is 3.48. The number of aromatic nitrogens is 2. The van der Waals surface area contributed by atoms with Crippen LogP contribution in [-0.4, -0.2) is 15.1 Å². The number of benzene rings is 1. The molecule has 0 radical (unpaired) electrons. The summed E-state index contributed by atoms with van der Waals surface area (Å²) in [5, 5.41) is 20.1. The fraction of sp³-hybridized carbons (Fsp3) is 0.100. The van der Waals surface area contributed by atoms with Gasteiger partial charge in [-0.25, -0.2) is 4.39 Å². The Bertz CT molecular complexity index is 574. The van der Waals surface area contributed by atoms with Gasteiger partial charge in [0.05, 0.1) is 27.7 Å². The molecule has 0 fully saturated rings. The lowest BCUT2D eigenvalue weighted by atomic mass is 10.2. The molecule has 0 atom stereocenters. The zero-order chi connectivity index (χ0) is 13.1. The Kier molecular flexibility index (Phi) is 3.56. The van der Waals surface area contributed by atoms with E-state index in [4.69, 9.17) is 0 Å². The predicted molar refractivity (Wildman–Crippen MR) is 66.7 cm³/mol. The molecule has 0 spiro atoms. The summed E-state index contributed by atoms with van der Waals surface area (Å²) >= 11 is 2.99. The number of H-pyrrole nitrogens is 1. The molecule has 0 aliphatic carbocycles. The summed E-state index contributed by atoms with van der Waals surface area (Å²) < 4.78 is 13.4. The van der Waals surface area contributed by atoms with Gasteiger partial charge < -0.3 is 5.32 Å². The van der Waals surface area contributed by atoms with E-state index in [0.717, 1.165) is 11.8 Å². The molecule has 1 heterocycles. The van der Waals surface area contributed by atoms with Gasteiger partial charge in [-0.1, -0.05) is 0 Å². The molecule has 0 bridgehead atoms. The van der Waals surface area contributed by atoms with Crippen LogP contribution in [0.25, 0.3) is 0 Å². The van der Waals surface area contributed by atoms with E-state index in [9.17, 15) is 14.5 Å². The molecule has 0 saturated carbocycles. The molecule has 6 nitrogen and oxygen atoms in total. The van der Waals surface area contributed by atoms with Crippen molar-refractivity contribution in [3.05, 3.63) is 50.5 Å². The molecule has 0 amide bonds. The van der Waals surface area contributed by atoms with Crippen LogP contribution >= 0.6 is 15.9 Å². The number of nitrogens with one attached hydrogen (secondary N) is 2. The highest BCUT2D eigenvalue weighted by Crippen LogP contribution is 2.30. The van der Waals surface area contributed by atoms with Crippen molar-refractivity contribution in [1.82, 2.24) is 10.2 Å². The number of nitro groups is 1. The molecule has 1 aromatic heterocycles. The fourth-order valence-corrected chi connectivity index (χ4v) is 1.75. The summed E-state index contributed by atoms with van der Waals surface area (Å²) in [7, 11) is 0. The average Bonchev–Trinajstić information content (AvgIpc) is 2.83. The van der Waals surface area contributed by atoms with E-state index in [1.807, 2.05) is 0 Å². The molecule has 8 heteroatoms. The quantitative estimate of drug-likeness (QED) is 0.671. The number of nitro benzene ring substituents is 1. The lowest BCUT2D eigenvalue weighted by Gasteiger charge is -2.07. The predicted octanol–water partition coefficient (Wildman–Crippen LogP) is 2.83. The molecular weight excluding hydrogens is 307 g/mol. The van der Waals surface area contributed by atoms with Crippen LogP contribution in [0, 0.1) is 15.9 Å². The maximum Gasteiger partial charge on any atom is 0.295 e. The van der Waals surface area contributed by atoms with Gasteiger partial charge in [-0.2, -0.15) is 5.10 Å². The molecule has 0 saturated heterocycles. The highest BCUT2D eigenvalue weighted by atomic mass is 79.9. The third-order valence-corrected chi connectivity index (χ3v) is 2.87. The molecule has 2 aromatic rings. The van der Waals surface area contributed by atoms with Gasteiger partial charge in [-0.05, 0) is 28.1 Å². The van der Waals surface area contributed by atoms with Gasteiger partial charge in [-0.15, -0.1) is 0 Å². The second kappa shape index (κ2) is 5.13. The van der Waals surface area contributed by atoms with Crippen LogP contribution in [0.15, 0.2) is 28.9 Å². The number of nitrogens with zero attached hydrogens (tertiary/aromatic N) is 2. The van der Waals surface area contributed by atoms with Crippen LogP contribution in [0.5, 0.6) is 0 Å². The Labute approximate surface area is 109 Å². The zero-order valence-corrected chi connectivity index (χ0v) is 10.6. The third-order valence-electron chi connectivity index (χ3n) is 2.26. The van der Waals surface area contributed by atoms with E-state index >= 15 is 0 Å². The van der Waals surface area contributed by atoms with Crippen molar-refractivity contribution in [3.63, 3.8) is 0 Å². The molecule has 0 aliphatic rings. The maximum atomic E-state index is 13.2. The van der Waals surface area contributed by atoms with Crippen molar-refractivity contribution in [1.29, 1.82) is 0 Å². The summed E-state index contributed by atoms with van der Waals surface area (Å²) in [5.41, 5.74) is 0.697. The summed E-state index contributed by atoms with van der Waals surface area (Å²) in [6.45, 7) is 0.332. The van der Waals surface area contributed by atoms with Crippen LogP contribution in [0.2, 0.25) is 0 Å². The first-order chi connectivity index (χ1) is 8.58. The minimum absolute atomic E-state index is 0.167. The molecule has 94 valence electrons. The summed E-state index contributed by atoms with van der Waals surface area (Å²) in [6.07, 6.45) is 1.58. The van der Waals surface area contributed by atoms with E-state index in [1.165, 1.54) is 6.07 Å². The number of rotatable bonds is 4. The van der Waals surface area contributed by atoms with Crippen LogP contribution in [0.4, 0.5) is 15.8 Å². The smallest absolute Gasteiger partial charge is 0.295 e. The lowest BCUT2D eigenvalue weighted by Crippen LogP contribution is -2.03. The van der Waals surface area contributed by atoms with E-state index in [2.05, 4.69) is 31.4 Å². The third kappa shape index (κ3) is 2.65. The maximum absolute atomic E-state index is 13.2. The first-order valence-corrected chi connectivity index (χ1v) is 5.73. The second-order valence-corrected chi connectivity index (χ2v) is 4.33. The number of aromatic amines is 1. The van der Waals surface area contributed by atoms with Gasteiger partial charge in [0, 0.05) is 6.20 Å². The van der Waals surface area contributed by atoms with Gasteiger partial charge in [0.15, 0.2) is 0 Å². The molecule has 1 aromatic carbocycles. The Morgan fingerprint density at radius 1 is 1.56 bits per heavy atom. The SMILES string of the molecule is O=[N+]([O-])c1cc(F)c(Br)cc1NCc1ccn[nH]1. The highest BCUT2D eigenvalue weighted by molar-refractivity contribution is 9.10. The highest BCUT2D eigenvalue weighted by Gasteiger charge is 2.17. The van der Waals surface area contributed by atoms with Gasteiger partial charge in [0.2, 0.25) is 0 Å². The first kappa shape index (κ1) is 12.5. The first-order valence-electron chi connectivity index (χ1n) is 4.93. The topological polar surface area (TPSA) is 83.8 Å². The molecule has 2 N–H and O–H groups in total. The normalized spacial score (nSPS) is 10.3. The van der Waals surface area contributed by atoms with E-state index in [-0.39, 0.29) is 15.8 Å². The monoisotopic (exact) mass is 314 g/mol. The Morgan fingerprint density at radius 2 is 2.33 bits per heavy atom. The number of anilines is 1. The largest absolute Gasteiger partial charge is 0.374 e. The molecule has 0 aliphatic heterocycles. The molecular formula is C10H8BrFN4O2. The Balaban J connectivity index is 2.25. The lowest BCUT2D eigenvalue weighted by molar-refractivity contribution is -0.384. The van der Waals surface area contributed by atoms with Gasteiger partial charge >= 0.3 is 0 Å². The van der Waals surface area contributed by atoms with Crippen molar-refractivity contribution in [2.24, 2.45) is 0 Å². The zero-order valence-electron chi connectivity index (χ0n) is 8.98. The van der Waals surface area contributed by atoms with Gasteiger partial charge in [0.1, 0.15) is 11.5 Å². The standard InChI is InChI=1S/C10H8BrFN4O2/c11-7-3-9(10(16(17)18)4-8(7)12)13-5-6-1-2-14-15-6/h1-4,13H,5H2,(H,14,15). The molecule has 0 unspecified atom stereocenters. The van der Waals surface area contributed by atoms with E-state index in [0.29, 0.717) is 6.54 Å². The minimum atomic E-state index is -0.672. The van der Waals surface area contributed by atoms with E-state index in [1.54, 1.807) is 12.3 Å². The van der Waals surface area contributed by atoms with Crippen LogP contribution in [0.1, 0.15) is 5.69 Å². The van der Waals surface area contributed by atoms with Crippen molar-refractivity contribution in [2.75, 3.05) is 5.32 Å². The Morgan fingerprint density at radius 3 is 2.94 bits per heavy atom. The van der Waals surface area contributed by atoms with Crippen molar-refractivity contribution < 1.29 is 9.31 Å².